The molecule has 0 amide bonds. The molecule has 0 aromatic rings. The van der Waals surface area contributed by atoms with Gasteiger partial charge >= 0.3 is 5.97 Å². The van der Waals surface area contributed by atoms with Crippen LogP contribution in [-0.2, 0) is 4.79 Å². The zero-order valence-corrected chi connectivity index (χ0v) is 17.4. The molecule has 8 atom stereocenters. The summed E-state index contributed by atoms with van der Waals surface area (Å²) in [4.78, 5) is 11.0. The Balaban J connectivity index is 1.54. The van der Waals surface area contributed by atoms with E-state index in [4.69, 9.17) is 5.11 Å². The van der Waals surface area contributed by atoms with E-state index in [9.17, 15) is 9.90 Å². The van der Waals surface area contributed by atoms with E-state index >= 15 is 0 Å². The van der Waals surface area contributed by atoms with E-state index in [0.29, 0.717) is 29.1 Å². The van der Waals surface area contributed by atoms with Crippen molar-refractivity contribution in [2.45, 2.75) is 91.1 Å². The van der Waals surface area contributed by atoms with Gasteiger partial charge in [0.15, 0.2) is 0 Å². The highest BCUT2D eigenvalue weighted by molar-refractivity contribution is 5.66. The molecule has 3 saturated carbocycles. The highest BCUT2D eigenvalue weighted by Gasteiger charge is 2.59. The number of aliphatic hydroxyl groups is 1. The van der Waals surface area contributed by atoms with E-state index in [1.54, 1.807) is 5.57 Å². The summed E-state index contributed by atoms with van der Waals surface area (Å²) in [5.74, 6) is 2.94. The number of carboxylic acids is 1. The fourth-order valence-electron chi connectivity index (χ4n) is 8.17. The molecule has 0 aromatic carbocycles. The summed E-state index contributed by atoms with van der Waals surface area (Å²) in [7, 11) is 0. The number of hydrogen-bond donors (Lipinski definition) is 2. The third kappa shape index (κ3) is 3.09. The number of aliphatic carboxylic acids is 1. The molecule has 3 nitrogen and oxygen atoms in total. The van der Waals surface area contributed by atoms with Crippen LogP contribution in [0.5, 0.6) is 0 Å². The average Bonchev–Trinajstić information content (AvgIpc) is 2.97. The summed E-state index contributed by atoms with van der Waals surface area (Å²) in [5.41, 5.74) is 2.27. The zero-order valence-electron chi connectivity index (χ0n) is 17.4. The van der Waals surface area contributed by atoms with Gasteiger partial charge in [-0.2, -0.15) is 0 Å². The van der Waals surface area contributed by atoms with E-state index < -0.39 is 5.97 Å². The molecule has 4 rings (SSSR count). The van der Waals surface area contributed by atoms with Gasteiger partial charge in [0.25, 0.3) is 0 Å². The van der Waals surface area contributed by atoms with Crippen LogP contribution in [0, 0.1) is 40.4 Å². The molecule has 27 heavy (non-hydrogen) atoms. The first-order valence-electron chi connectivity index (χ1n) is 11.3. The van der Waals surface area contributed by atoms with Crippen molar-refractivity contribution in [3.8, 4) is 0 Å². The first-order chi connectivity index (χ1) is 12.8. The molecule has 4 aliphatic rings. The van der Waals surface area contributed by atoms with Crippen LogP contribution in [0.25, 0.3) is 0 Å². The molecular weight excluding hydrogens is 336 g/mol. The molecule has 0 unspecified atom stereocenters. The van der Waals surface area contributed by atoms with Crippen LogP contribution < -0.4 is 0 Å². The van der Waals surface area contributed by atoms with Crippen LogP contribution in [0.2, 0.25) is 0 Å². The zero-order chi connectivity index (χ0) is 19.4. The minimum absolute atomic E-state index is 0.124. The average molecular weight is 375 g/mol. The van der Waals surface area contributed by atoms with Crippen molar-refractivity contribution >= 4 is 5.97 Å². The Morgan fingerprint density at radius 2 is 1.96 bits per heavy atom. The van der Waals surface area contributed by atoms with Crippen LogP contribution in [0.15, 0.2) is 11.6 Å². The lowest BCUT2D eigenvalue weighted by molar-refractivity contribution is -0.137. The summed E-state index contributed by atoms with van der Waals surface area (Å²) in [6.07, 6.45) is 13.0. The minimum atomic E-state index is -0.650. The van der Waals surface area contributed by atoms with Crippen LogP contribution in [-0.4, -0.2) is 22.3 Å². The van der Waals surface area contributed by atoms with Gasteiger partial charge in [-0.3, -0.25) is 4.79 Å². The van der Waals surface area contributed by atoms with E-state index in [2.05, 4.69) is 26.8 Å². The highest BCUT2D eigenvalue weighted by atomic mass is 16.4. The highest BCUT2D eigenvalue weighted by Crippen LogP contribution is 2.67. The fourth-order valence-corrected chi connectivity index (χ4v) is 8.17. The Kier molecular flexibility index (Phi) is 4.98. The van der Waals surface area contributed by atoms with Crippen molar-refractivity contribution in [2.24, 2.45) is 40.4 Å². The molecule has 0 spiro atoms. The van der Waals surface area contributed by atoms with Crippen molar-refractivity contribution in [1.29, 1.82) is 0 Å². The third-order valence-electron chi connectivity index (χ3n) is 9.65. The largest absolute Gasteiger partial charge is 0.481 e. The maximum Gasteiger partial charge on any atom is 0.303 e. The second-order valence-electron chi connectivity index (χ2n) is 10.8. The quantitative estimate of drug-likeness (QED) is 0.645. The summed E-state index contributed by atoms with van der Waals surface area (Å²) in [6.45, 7) is 7.33. The summed E-state index contributed by atoms with van der Waals surface area (Å²) < 4.78 is 0. The van der Waals surface area contributed by atoms with Gasteiger partial charge in [-0.1, -0.05) is 32.4 Å². The van der Waals surface area contributed by atoms with E-state index in [-0.39, 0.29) is 6.10 Å². The number of rotatable bonds is 4. The number of carboxylic acid groups (broad SMARTS) is 1. The Morgan fingerprint density at radius 3 is 2.70 bits per heavy atom. The van der Waals surface area contributed by atoms with Crippen LogP contribution >= 0.6 is 0 Å². The van der Waals surface area contributed by atoms with E-state index in [1.165, 1.54) is 32.1 Å². The van der Waals surface area contributed by atoms with Crippen molar-refractivity contribution in [3.63, 3.8) is 0 Å². The van der Waals surface area contributed by atoms with Gasteiger partial charge in [0, 0.05) is 6.42 Å². The molecule has 3 heteroatoms. The Morgan fingerprint density at radius 1 is 1.19 bits per heavy atom. The molecule has 4 aliphatic carbocycles. The number of hydrogen-bond acceptors (Lipinski definition) is 2. The number of fused-ring (bicyclic) bond motifs is 5. The van der Waals surface area contributed by atoms with Crippen molar-refractivity contribution in [3.05, 3.63) is 11.6 Å². The van der Waals surface area contributed by atoms with Crippen molar-refractivity contribution in [2.75, 3.05) is 0 Å². The first kappa shape index (κ1) is 19.5. The van der Waals surface area contributed by atoms with Crippen LogP contribution in [0.1, 0.15) is 85.0 Å². The molecule has 0 saturated heterocycles. The normalized spacial score (nSPS) is 47.4. The molecule has 0 radical (unpaired) electrons. The number of carbonyl (C=O) groups is 1. The summed E-state index contributed by atoms with van der Waals surface area (Å²) >= 11 is 0. The number of aliphatic hydroxyl groups excluding tert-OH is 1. The Labute approximate surface area is 164 Å². The Hall–Kier alpha value is -0.830. The monoisotopic (exact) mass is 374 g/mol. The van der Waals surface area contributed by atoms with Gasteiger partial charge in [-0.15, -0.1) is 0 Å². The molecular formula is C24H38O3. The molecule has 0 aliphatic heterocycles. The van der Waals surface area contributed by atoms with Gasteiger partial charge in [0.05, 0.1) is 6.10 Å². The second-order valence-corrected chi connectivity index (χ2v) is 10.8. The number of allylic oxidation sites excluding steroid dienone is 1. The van der Waals surface area contributed by atoms with Gasteiger partial charge < -0.3 is 10.2 Å². The molecule has 3 fully saturated rings. The molecule has 152 valence electrons. The maximum atomic E-state index is 11.0. The SMILES string of the molecule is C[C@@H](CCC(=O)O)[C@H]1CC[C@H]2[C@@H]3CC=C4C[C@H](O)CC[C@]4(C)[C@H]3CC[C@]12C. The van der Waals surface area contributed by atoms with E-state index in [0.717, 1.165) is 43.4 Å². The van der Waals surface area contributed by atoms with Crippen LogP contribution in [0.3, 0.4) is 0 Å². The summed E-state index contributed by atoms with van der Waals surface area (Å²) in [5, 5.41) is 19.2. The standard InChI is InChI=1S/C24H38O3/c1-15(4-9-22(26)27)19-7-8-20-18-6-5-16-14-17(25)10-12-23(16,2)21(18)11-13-24(19,20)3/h5,15,17-21,25H,4,6-14H2,1-3H3,(H,26,27)/t15-,17+,18-,19+,20-,21-,23-,24+/m0/s1. The lowest BCUT2D eigenvalue weighted by Crippen LogP contribution is -2.50. The van der Waals surface area contributed by atoms with Gasteiger partial charge in [-0.05, 0) is 98.2 Å². The second kappa shape index (κ2) is 6.90. The molecule has 0 bridgehead atoms. The molecule has 0 aromatic heterocycles. The van der Waals surface area contributed by atoms with E-state index in [1.807, 2.05) is 0 Å². The molecule has 0 heterocycles. The minimum Gasteiger partial charge on any atom is -0.481 e. The maximum absolute atomic E-state index is 11.0. The Bertz CT molecular complexity index is 625. The fraction of sp³-hybridized carbons (Fsp3) is 0.875. The van der Waals surface area contributed by atoms with Gasteiger partial charge in [0.1, 0.15) is 0 Å². The summed E-state index contributed by atoms with van der Waals surface area (Å²) in [6, 6.07) is 0. The molecule has 2 N–H and O–H groups in total. The van der Waals surface area contributed by atoms with Crippen molar-refractivity contribution < 1.29 is 15.0 Å². The lowest BCUT2D eigenvalue weighted by atomic mass is 9.47. The predicted molar refractivity (Wildman–Crippen MR) is 107 cm³/mol. The lowest BCUT2D eigenvalue weighted by Gasteiger charge is -2.58. The topological polar surface area (TPSA) is 57.5 Å². The smallest absolute Gasteiger partial charge is 0.303 e. The van der Waals surface area contributed by atoms with Crippen molar-refractivity contribution in [1.82, 2.24) is 0 Å². The third-order valence-corrected chi connectivity index (χ3v) is 9.65. The van der Waals surface area contributed by atoms with Gasteiger partial charge in [0.2, 0.25) is 0 Å². The van der Waals surface area contributed by atoms with Gasteiger partial charge in [-0.25, -0.2) is 0 Å². The predicted octanol–water partition coefficient (Wildman–Crippen LogP) is 5.43. The van der Waals surface area contributed by atoms with Crippen LogP contribution in [0.4, 0.5) is 0 Å². The first-order valence-corrected chi connectivity index (χ1v) is 11.3.